The molecule has 1 atom stereocenters. The standard InChI is InChI=1S/C18H23N5O2/c1-12(2)22-8-7-15(11-22)20-17-9-13(3)19-18(21-17)14-5-4-6-16(10-14)23(24)25/h4-6,9-10,12,15H,7-8,11H2,1-3H3,(H,19,20,21)/t15-/m1/s1. The molecule has 7 nitrogen and oxygen atoms in total. The molecule has 1 N–H and O–H groups in total. The summed E-state index contributed by atoms with van der Waals surface area (Å²) in [5, 5.41) is 14.5. The third-order valence-electron chi connectivity index (χ3n) is 4.47. The summed E-state index contributed by atoms with van der Waals surface area (Å²) < 4.78 is 0. The monoisotopic (exact) mass is 341 g/mol. The largest absolute Gasteiger partial charge is 0.366 e. The first-order chi connectivity index (χ1) is 11.9. The van der Waals surface area contributed by atoms with Crippen molar-refractivity contribution in [1.82, 2.24) is 14.9 Å². The Hall–Kier alpha value is -2.54. The Kier molecular flexibility index (Phi) is 4.94. The van der Waals surface area contributed by atoms with Crippen molar-refractivity contribution in [2.45, 2.75) is 39.3 Å². The Balaban J connectivity index is 1.82. The van der Waals surface area contributed by atoms with E-state index in [0.717, 1.165) is 31.0 Å². The van der Waals surface area contributed by atoms with E-state index in [1.165, 1.54) is 12.1 Å². The SMILES string of the molecule is Cc1cc(N[C@@H]2CCN(C(C)C)C2)nc(-c2cccc([N+](=O)[O-])c2)n1. The quantitative estimate of drug-likeness (QED) is 0.664. The molecule has 0 bridgehead atoms. The van der Waals surface area contributed by atoms with Gasteiger partial charge in [0.1, 0.15) is 5.82 Å². The van der Waals surface area contributed by atoms with Gasteiger partial charge in [0, 0.05) is 54.6 Å². The molecule has 2 heterocycles. The van der Waals surface area contributed by atoms with Crippen LogP contribution < -0.4 is 5.32 Å². The Morgan fingerprint density at radius 2 is 2.12 bits per heavy atom. The summed E-state index contributed by atoms with van der Waals surface area (Å²) in [4.78, 5) is 22.0. The van der Waals surface area contributed by atoms with E-state index in [1.807, 2.05) is 13.0 Å². The lowest BCUT2D eigenvalue weighted by Gasteiger charge is -2.20. The van der Waals surface area contributed by atoms with E-state index in [2.05, 4.69) is 34.0 Å². The number of anilines is 1. The summed E-state index contributed by atoms with van der Waals surface area (Å²) >= 11 is 0. The first kappa shape index (κ1) is 17.3. The maximum Gasteiger partial charge on any atom is 0.270 e. The van der Waals surface area contributed by atoms with Gasteiger partial charge in [-0.1, -0.05) is 12.1 Å². The predicted octanol–water partition coefficient (Wildman–Crippen LogP) is 3.25. The lowest BCUT2D eigenvalue weighted by atomic mass is 10.2. The van der Waals surface area contributed by atoms with Crippen molar-refractivity contribution in [3.63, 3.8) is 0 Å². The Bertz CT molecular complexity index is 778. The zero-order valence-electron chi connectivity index (χ0n) is 14.8. The Morgan fingerprint density at radius 1 is 1.32 bits per heavy atom. The van der Waals surface area contributed by atoms with Crippen LogP contribution in [0, 0.1) is 17.0 Å². The van der Waals surface area contributed by atoms with Gasteiger partial charge in [0.2, 0.25) is 0 Å². The molecule has 25 heavy (non-hydrogen) atoms. The molecule has 7 heteroatoms. The van der Waals surface area contributed by atoms with Gasteiger partial charge in [-0.25, -0.2) is 9.97 Å². The number of hydrogen-bond acceptors (Lipinski definition) is 6. The number of benzene rings is 1. The van der Waals surface area contributed by atoms with Crippen molar-refractivity contribution >= 4 is 11.5 Å². The molecule has 1 aromatic heterocycles. The summed E-state index contributed by atoms with van der Waals surface area (Å²) in [6.07, 6.45) is 1.08. The summed E-state index contributed by atoms with van der Waals surface area (Å²) in [6.45, 7) is 8.39. The van der Waals surface area contributed by atoms with Gasteiger partial charge < -0.3 is 5.32 Å². The number of nitro benzene ring substituents is 1. The second-order valence-corrected chi connectivity index (χ2v) is 6.74. The number of non-ortho nitro benzene ring substituents is 1. The highest BCUT2D eigenvalue weighted by atomic mass is 16.6. The molecule has 2 aromatic rings. The fourth-order valence-electron chi connectivity index (χ4n) is 3.11. The van der Waals surface area contributed by atoms with Crippen molar-refractivity contribution in [2.24, 2.45) is 0 Å². The molecule has 0 saturated carbocycles. The van der Waals surface area contributed by atoms with E-state index < -0.39 is 4.92 Å². The van der Waals surface area contributed by atoms with Crippen molar-refractivity contribution in [3.05, 3.63) is 46.1 Å². The molecule has 0 radical (unpaired) electrons. The van der Waals surface area contributed by atoms with Gasteiger partial charge in [0.15, 0.2) is 5.82 Å². The van der Waals surface area contributed by atoms with E-state index in [9.17, 15) is 10.1 Å². The molecule has 0 amide bonds. The molecule has 3 rings (SSSR count). The number of likely N-dealkylation sites (tertiary alicyclic amines) is 1. The molecule has 0 aliphatic carbocycles. The zero-order chi connectivity index (χ0) is 18.0. The van der Waals surface area contributed by atoms with Crippen LogP contribution in [-0.2, 0) is 0 Å². The van der Waals surface area contributed by atoms with Crippen molar-refractivity contribution < 1.29 is 4.92 Å². The summed E-state index contributed by atoms with van der Waals surface area (Å²) in [6, 6.07) is 9.24. The molecule has 1 aromatic carbocycles. The molecule has 0 unspecified atom stereocenters. The minimum absolute atomic E-state index is 0.0421. The van der Waals surface area contributed by atoms with Crippen molar-refractivity contribution in [3.8, 4) is 11.4 Å². The molecular weight excluding hydrogens is 318 g/mol. The van der Waals surface area contributed by atoms with E-state index in [1.54, 1.807) is 12.1 Å². The minimum atomic E-state index is -0.405. The minimum Gasteiger partial charge on any atom is -0.366 e. The molecule has 132 valence electrons. The predicted molar refractivity (Wildman–Crippen MR) is 97.6 cm³/mol. The highest BCUT2D eigenvalue weighted by molar-refractivity contribution is 5.61. The van der Waals surface area contributed by atoms with Gasteiger partial charge in [-0.3, -0.25) is 15.0 Å². The van der Waals surface area contributed by atoms with Crippen LogP contribution in [-0.4, -0.2) is 45.0 Å². The van der Waals surface area contributed by atoms with Gasteiger partial charge in [0.05, 0.1) is 4.92 Å². The molecule has 1 saturated heterocycles. The number of nitrogens with one attached hydrogen (secondary N) is 1. The maximum atomic E-state index is 11.0. The normalized spacial score (nSPS) is 17.8. The first-order valence-electron chi connectivity index (χ1n) is 8.53. The lowest BCUT2D eigenvalue weighted by Crippen LogP contribution is -2.31. The van der Waals surface area contributed by atoms with Crippen LogP contribution in [0.25, 0.3) is 11.4 Å². The highest BCUT2D eigenvalue weighted by Gasteiger charge is 2.24. The number of aryl methyl sites for hydroxylation is 1. The van der Waals surface area contributed by atoms with Crippen molar-refractivity contribution in [1.29, 1.82) is 0 Å². The van der Waals surface area contributed by atoms with Crippen LogP contribution in [0.5, 0.6) is 0 Å². The average Bonchev–Trinajstić information content (AvgIpc) is 3.03. The number of rotatable bonds is 5. The van der Waals surface area contributed by atoms with Gasteiger partial charge in [-0.05, 0) is 27.2 Å². The first-order valence-corrected chi connectivity index (χ1v) is 8.53. The van der Waals surface area contributed by atoms with Crippen LogP contribution in [0.3, 0.4) is 0 Å². The van der Waals surface area contributed by atoms with Crippen LogP contribution in [0.4, 0.5) is 11.5 Å². The molecule has 1 aliphatic heterocycles. The van der Waals surface area contributed by atoms with Gasteiger partial charge in [-0.15, -0.1) is 0 Å². The molecule has 1 aliphatic rings. The number of aromatic nitrogens is 2. The summed E-state index contributed by atoms with van der Waals surface area (Å²) in [7, 11) is 0. The van der Waals surface area contributed by atoms with Crippen LogP contribution >= 0.6 is 0 Å². The summed E-state index contributed by atoms with van der Waals surface area (Å²) in [5.41, 5.74) is 1.52. The number of hydrogen-bond donors (Lipinski definition) is 1. The topological polar surface area (TPSA) is 84.2 Å². The Morgan fingerprint density at radius 3 is 2.80 bits per heavy atom. The van der Waals surface area contributed by atoms with Crippen LogP contribution in [0.1, 0.15) is 26.0 Å². The van der Waals surface area contributed by atoms with Gasteiger partial charge in [-0.2, -0.15) is 0 Å². The second kappa shape index (κ2) is 7.14. The van der Waals surface area contributed by atoms with Crippen LogP contribution in [0.15, 0.2) is 30.3 Å². The smallest absolute Gasteiger partial charge is 0.270 e. The Labute approximate surface area is 147 Å². The molecule has 0 spiro atoms. The van der Waals surface area contributed by atoms with Gasteiger partial charge in [0.25, 0.3) is 5.69 Å². The lowest BCUT2D eigenvalue weighted by molar-refractivity contribution is -0.384. The molecular formula is C18H23N5O2. The van der Waals surface area contributed by atoms with E-state index >= 15 is 0 Å². The van der Waals surface area contributed by atoms with E-state index in [4.69, 9.17) is 0 Å². The third-order valence-corrected chi connectivity index (χ3v) is 4.47. The van der Waals surface area contributed by atoms with E-state index in [-0.39, 0.29) is 5.69 Å². The van der Waals surface area contributed by atoms with Crippen molar-refractivity contribution in [2.75, 3.05) is 18.4 Å². The fourth-order valence-corrected chi connectivity index (χ4v) is 3.11. The summed E-state index contributed by atoms with van der Waals surface area (Å²) in [5.74, 6) is 1.27. The fraction of sp³-hybridized carbons (Fsp3) is 0.444. The van der Waals surface area contributed by atoms with E-state index in [0.29, 0.717) is 23.5 Å². The highest BCUT2D eigenvalue weighted by Crippen LogP contribution is 2.23. The van der Waals surface area contributed by atoms with Gasteiger partial charge >= 0.3 is 0 Å². The number of nitro groups is 1. The zero-order valence-corrected chi connectivity index (χ0v) is 14.8. The molecule has 1 fully saturated rings. The number of nitrogens with zero attached hydrogens (tertiary/aromatic N) is 4. The second-order valence-electron chi connectivity index (χ2n) is 6.74. The van der Waals surface area contributed by atoms with Crippen LogP contribution in [0.2, 0.25) is 0 Å². The third kappa shape index (κ3) is 4.11. The maximum absolute atomic E-state index is 11.0. The average molecular weight is 341 g/mol.